The Morgan fingerprint density at radius 2 is 2.12 bits per heavy atom. The summed E-state index contributed by atoms with van der Waals surface area (Å²) in [4.78, 5) is 2.44. The number of benzene rings is 1. The minimum absolute atomic E-state index is 0.177. The third kappa shape index (κ3) is 3.36. The van der Waals surface area contributed by atoms with Gasteiger partial charge in [0.1, 0.15) is 17.5 Å². The molecule has 7 nitrogen and oxygen atoms in total. The van der Waals surface area contributed by atoms with Crippen LogP contribution in [-0.4, -0.2) is 29.4 Å². The van der Waals surface area contributed by atoms with Crippen LogP contribution in [0.5, 0.6) is 0 Å². The molecule has 3 rings (SSSR count). The number of anilines is 1. The molecule has 0 aliphatic rings. The third-order valence-electron chi connectivity index (χ3n) is 3.67. The van der Waals surface area contributed by atoms with Gasteiger partial charge in [-0.15, -0.1) is 0 Å². The summed E-state index contributed by atoms with van der Waals surface area (Å²) in [6, 6.07) is 5.16. The minimum Gasteiger partial charge on any atom is -0.358 e. The number of nitriles is 1. The summed E-state index contributed by atoms with van der Waals surface area (Å²) in [5, 5.41) is 13.1. The monoisotopic (exact) mass is 383 g/mol. The molecule has 0 unspecified atom stereocenters. The number of fused-ring (bicyclic) bond motifs is 1. The quantitative estimate of drug-likeness (QED) is 0.723. The molecule has 0 radical (unpaired) electrons. The summed E-state index contributed by atoms with van der Waals surface area (Å²) in [6.07, 6.45) is -1.41. The van der Waals surface area contributed by atoms with E-state index in [0.717, 1.165) is 18.0 Å². The topological polar surface area (TPSA) is 104 Å². The molecular weight excluding hydrogens is 371 g/mol. The molecule has 136 valence electrons. The van der Waals surface area contributed by atoms with Crippen LogP contribution in [0.1, 0.15) is 11.1 Å². The van der Waals surface area contributed by atoms with Crippen LogP contribution in [0.3, 0.4) is 0 Å². The maximum absolute atomic E-state index is 12.5. The highest BCUT2D eigenvalue weighted by molar-refractivity contribution is 7.92. The normalized spacial score (nSPS) is 12.3. The SMILES string of the molecule is Cc1ccc(NS(=O)(=O)c2cnn(CC(F)(F)F)c2)c2[nH]cc(C#N)c12. The fraction of sp³-hybridized carbons (Fsp3) is 0.200. The molecule has 1 aromatic carbocycles. The lowest BCUT2D eigenvalue weighted by molar-refractivity contribution is -0.142. The van der Waals surface area contributed by atoms with Gasteiger partial charge in [-0.1, -0.05) is 6.07 Å². The molecule has 0 saturated heterocycles. The molecule has 0 aliphatic carbocycles. The Bertz CT molecular complexity index is 1120. The van der Waals surface area contributed by atoms with Gasteiger partial charge < -0.3 is 4.98 Å². The van der Waals surface area contributed by atoms with Crippen molar-refractivity contribution in [1.82, 2.24) is 14.8 Å². The second-order valence-corrected chi connectivity index (χ2v) is 7.27. The number of aromatic nitrogens is 3. The second-order valence-electron chi connectivity index (χ2n) is 5.59. The first-order chi connectivity index (χ1) is 12.1. The van der Waals surface area contributed by atoms with E-state index < -0.39 is 27.6 Å². The predicted octanol–water partition coefficient (Wildman–Crippen LogP) is 2.91. The zero-order chi connectivity index (χ0) is 19.1. The average molecular weight is 383 g/mol. The molecule has 2 aromatic heterocycles. The molecule has 0 saturated carbocycles. The highest BCUT2D eigenvalue weighted by Crippen LogP contribution is 2.30. The van der Waals surface area contributed by atoms with Crippen LogP contribution in [0.15, 0.2) is 35.6 Å². The van der Waals surface area contributed by atoms with Gasteiger partial charge in [-0.3, -0.25) is 9.40 Å². The molecule has 0 aliphatic heterocycles. The van der Waals surface area contributed by atoms with Gasteiger partial charge >= 0.3 is 6.18 Å². The smallest absolute Gasteiger partial charge is 0.358 e. The largest absolute Gasteiger partial charge is 0.408 e. The summed E-state index contributed by atoms with van der Waals surface area (Å²) < 4.78 is 64.9. The van der Waals surface area contributed by atoms with E-state index in [1.807, 2.05) is 6.07 Å². The molecule has 2 heterocycles. The molecule has 0 fully saturated rings. The van der Waals surface area contributed by atoms with Crippen molar-refractivity contribution in [2.24, 2.45) is 0 Å². The van der Waals surface area contributed by atoms with E-state index >= 15 is 0 Å². The Hall–Kier alpha value is -3.00. The van der Waals surface area contributed by atoms with Crippen molar-refractivity contribution in [3.05, 3.63) is 41.9 Å². The first kappa shape index (κ1) is 17.8. The van der Waals surface area contributed by atoms with Crippen molar-refractivity contribution in [2.75, 3.05) is 4.72 Å². The number of hydrogen-bond acceptors (Lipinski definition) is 4. The summed E-state index contributed by atoms with van der Waals surface area (Å²) >= 11 is 0. The van der Waals surface area contributed by atoms with Crippen LogP contribution >= 0.6 is 0 Å². The predicted molar refractivity (Wildman–Crippen MR) is 86.8 cm³/mol. The van der Waals surface area contributed by atoms with Gasteiger partial charge in [-0.2, -0.15) is 23.5 Å². The number of aromatic amines is 1. The van der Waals surface area contributed by atoms with E-state index in [0.29, 0.717) is 21.1 Å². The summed E-state index contributed by atoms with van der Waals surface area (Å²) in [6.45, 7) is 0.385. The van der Waals surface area contributed by atoms with E-state index in [4.69, 9.17) is 5.26 Å². The second kappa shape index (κ2) is 6.06. The maximum atomic E-state index is 12.5. The zero-order valence-corrected chi connectivity index (χ0v) is 14.1. The summed E-state index contributed by atoms with van der Waals surface area (Å²) in [5.41, 5.74) is 1.72. The molecule has 11 heteroatoms. The Kier molecular flexibility index (Phi) is 4.15. The van der Waals surface area contributed by atoms with E-state index in [9.17, 15) is 21.6 Å². The number of sulfonamides is 1. The molecule has 0 amide bonds. The van der Waals surface area contributed by atoms with Crippen molar-refractivity contribution >= 4 is 26.6 Å². The average Bonchev–Trinajstić information content (AvgIpc) is 3.15. The molecule has 0 spiro atoms. The lowest BCUT2D eigenvalue weighted by Crippen LogP contribution is -2.18. The van der Waals surface area contributed by atoms with Gasteiger partial charge in [-0.25, -0.2) is 8.42 Å². The number of halogens is 3. The Labute approximate surface area is 146 Å². The van der Waals surface area contributed by atoms with Crippen LogP contribution in [-0.2, 0) is 16.6 Å². The number of alkyl halides is 3. The van der Waals surface area contributed by atoms with Crippen LogP contribution in [0.4, 0.5) is 18.9 Å². The van der Waals surface area contributed by atoms with Crippen LogP contribution in [0, 0.1) is 18.3 Å². The van der Waals surface area contributed by atoms with Crippen molar-refractivity contribution in [3.8, 4) is 6.07 Å². The van der Waals surface area contributed by atoms with Crippen molar-refractivity contribution in [3.63, 3.8) is 0 Å². The van der Waals surface area contributed by atoms with Gasteiger partial charge in [0.2, 0.25) is 0 Å². The van der Waals surface area contributed by atoms with E-state index in [2.05, 4.69) is 14.8 Å². The Morgan fingerprint density at radius 1 is 1.38 bits per heavy atom. The number of H-pyrrole nitrogens is 1. The molecule has 0 bridgehead atoms. The van der Waals surface area contributed by atoms with Crippen LogP contribution < -0.4 is 4.72 Å². The number of hydrogen-bond donors (Lipinski definition) is 2. The number of nitrogens with zero attached hydrogens (tertiary/aromatic N) is 3. The van der Waals surface area contributed by atoms with Gasteiger partial charge in [0.15, 0.2) is 0 Å². The number of nitrogens with one attached hydrogen (secondary N) is 2. The van der Waals surface area contributed by atoms with Crippen molar-refractivity contribution in [1.29, 1.82) is 5.26 Å². The Balaban J connectivity index is 1.96. The maximum Gasteiger partial charge on any atom is 0.408 e. The van der Waals surface area contributed by atoms with Crippen molar-refractivity contribution < 1.29 is 21.6 Å². The minimum atomic E-state index is -4.51. The lowest BCUT2D eigenvalue weighted by atomic mass is 10.1. The van der Waals surface area contributed by atoms with Gasteiger partial charge in [0, 0.05) is 17.8 Å². The van der Waals surface area contributed by atoms with Gasteiger partial charge in [-0.05, 0) is 18.6 Å². The fourth-order valence-corrected chi connectivity index (χ4v) is 3.57. The van der Waals surface area contributed by atoms with Crippen molar-refractivity contribution in [2.45, 2.75) is 24.5 Å². The Morgan fingerprint density at radius 3 is 2.77 bits per heavy atom. The zero-order valence-electron chi connectivity index (χ0n) is 13.3. The first-order valence-electron chi connectivity index (χ1n) is 7.23. The first-order valence-corrected chi connectivity index (χ1v) is 8.72. The van der Waals surface area contributed by atoms with Gasteiger partial charge in [0.25, 0.3) is 10.0 Å². The molecular formula is C15H12F3N5O2S. The highest BCUT2D eigenvalue weighted by atomic mass is 32.2. The summed E-state index contributed by atoms with van der Waals surface area (Å²) in [5.74, 6) is 0. The number of aryl methyl sites for hydroxylation is 1. The number of rotatable bonds is 4. The van der Waals surface area contributed by atoms with Crippen LogP contribution in [0.2, 0.25) is 0 Å². The molecule has 2 N–H and O–H groups in total. The van der Waals surface area contributed by atoms with E-state index in [-0.39, 0.29) is 5.69 Å². The molecule has 26 heavy (non-hydrogen) atoms. The van der Waals surface area contributed by atoms with E-state index in [1.54, 1.807) is 13.0 Å². The highest BCUT2D eigenvalue weighted by Gasteiger charge is 2.29. The standard InChI is InChI=1S/C15H12F3N5O2S/c1-9-2-3-12(14-13(9)10(4-19)5-20-14)22-26(24,25)11-6-21-23(7-11)8-15(16,17)18/h2-3,5-7,20,22H,8H2,1H3. The molecule has 0 atom stereocenters. The van der Waals surface area contributed by atoms with E-state index in [1.165, 1.54) is 12.3 Å². The third-order valence-corrected chi connectivity index (χ3v) is 4.99. The van der Waals surface area contributed by atoms with Gasteiger partial charge in [0.05, 0.1) is 23.0 Å². The summed E-state index contributed by atoms with van der Waals surface area (Å²) in [7, 11) is -4.15. The molecule has 3 aromatic rings. The van der Waals surface area contributed by atoms with Crippen LogP contribution in [0.25, 0.3) is 10.9 Å². The lowest BCUT2D eigenvalue weighted by Gasteiger charge is -2.09. The fourth-order valence-electron chi connectivity index (χ4n) is 2.55.